The molecule has 0 saturated carbocycles. The standard InChI is InChI=1S/C14H12FN3O3/c1-21-14(20)18-11-4-2-3-10(7-11)17-13(19)9-5-6-12(15)16-8-9/h2-8H,1H3,(H,17,19)(H,18,20). The number of carbonyl (C=O) groups excluding carboxylic acids is 2. The molecule has 0 atom stereocenters. The van der Waals surface area contributed by atoms with Gasteiger partial charge in [-0.05, 0) is 30.3 Å². The summed E-state index contributed by atoms with van der Waals surface area (Å²) >= 11 is 0. The smallest absolute Gasteiger partial charge is 0.411 e. The maximum absolute atomic E-state index is 12.7. The summed E-state index contributed by atoms with van der Waals surface area (Å²) in [5.41, 5.74) is 1.16. The number of benzene rings is 1. The maximum Gasteiger partial charge on any atom is 0.411 e. The fourth-order valence-corrected chi connectivity index (χ4v) is 1.56. The van der Waals surface area contributed by atoms with Crippen molar-refractivity contribution >= 4 is 23.4 Å². The van der Waals surface area contributed by atoms with E-state index in [1.807, 2.05) is 0 Å². The van der Waals surface area contributed by atoms with Gasteiger partial charge in [0.25, 0.3) is 5.91 Å². The molecule has 0 aliphatic rings. The summed E-state index contributed by atoms with van der Waals surface area (Å²) in [4.78, 5) is 26.4. The van der Waals surface area contributed by atoms with Crippen LogP contribution in [-0.2, 0) is 4.74 Å². The number of halogens is 1. The van der Waals surface area contributed by atoms with E-state index in [9.17, 15) is 14.0 Å². The van der Waals surface area contributed by atoms with Gasteiger partial charge in [-0.2, -0.15) is 4.39 Å². The summed E-state index contributed by atoms with van der Waals surface area (Å²) in [5.74, 6) is -1.09. The predicted molar refractivity (Wildman–Crippen MR) is 74.6 cm³/mol. The van der Waals surface area contributed by atoms with Crippen molar-refractivity contribution in [2.75, 3.05) is 17.7 Å². The molecule has 0 spiro atoms. The molecule has 6 nitrogen and oxygen atoms in total. The third-order valence-electron chi connectivity index (χ3n) is 2.54. The third-order valence-corrected chi connectivity index (χ3v) is 2.54. The number of rotatable bonds is 3. The Morgan fingerprint density at radius 2 is 1.86 bits per heavy atom. The Labute approximate surface area is 120 Å². The zero-order chi connectivity index (χ0) is 15.2. The van der Waals surface area contributed by atoms with Gasteiger partial charge in [0, 0.05) is 17.6 Å². The Hall–Kier alpha value is -2.96. The lowest BCUT2D eigenvalue weighted by molar-refractivity contribution is 0.102. The number of amides is 2. The van der Waals surface area contributed by atoms with Gasteiger partial charge in [0.15, 0.2) is 0 Å². The van der Waals surface area contributed by atoms with Crippen molar-refractivity contribution in [3.8, 4) is 0 Å². The van der Waals surface area contributed by atoms with Crippen molar-refractivity contribution in [2.24, 2.45) is 0 Å². The summed E-state index contributed by atoms with van der Waals surface area (Å²) in [6.45, 7) is 0. The highest BCUT2D eigenvalue weighted by molar-refractivity contribution is 6.04. The van der Waals surface area contributed by atoms with Crippen molar-refractivity contribution in [1.82, 2.24) is 4.98 Å². The molecule has 0 aliphatic heterocycles. The minimum atomic E-state index is -0.657. The summed E-state index contributed by atoms with van der Waals surface area (Å²) in [5, 5.41) is 5.09. The van der Waals surface area contributed by atoms with Crippen LogP contribution in [0.2, 0.25) is 0 Å². The summed E-state index contributed by atoms with van der Waals surface area (Å²) in [6, 6.07) is 8.94. The van der Waals surface area contributed by atoms with Crippen LogP contribution >= 0.6 is 0 Å². The van der Waals surface area contributed by atoms with Crippen molar-refractivity contribution in [3.05, 3.63) is 54.1 Å². The molecule has 2 aromatic rings. The van der Waals surface area contributed by atoms with E-state index in [0.717, 1.165) is 12.3 Å². The number of hydrogen-bond acceptors (Lipinski definition) is 4. The molecule has 7 heteroatoms. The Balaban J connectivity index is 2.08. The van der Waals surface area contributed by atoms with Crippen LogP contribution in [0.4, 0.5) is 20.6 Å². The topological polar surface area (TPSA) is 80.3 Å². The molecule has 0 radical (unpaired) electrons. The molecule has 2 N–H and O–H groups in total. The molecule has 21 heavy (non-hydrogen) atoms. The van der Waals surface area contributed by atoms with Crippen LogP contribution < -0.4 is 10.6 Å². The predicted octanol–water partition coefficient (Wildman–Crippen LogP) is 2.65. The van der Waals surface area contributed by atoms with E-state index < -0.39 is 17.9 Å². The van der Waals surface area contributed by atoms with E-state index in [1.165, 1.54) is 13.2 Å². The molecule has 0 unspecified atom stereocenters. The molecule has 1 aromatic carbocycles. The Morgan fingerprint density at radius 1 is 1.14 bits per heavy atom. The van der Waals surface area contributed by atoms with Gasteiger partial charge >= 0.3 is 6.09 Å². The van der Waals surface area contributed by atoms with Gasteiger partial charge < -0.3 is 10.1 Å². The number of carbonyl (C=O) groups is 2. The van der Waals surface area contributed by atoms with Crippen molar-refractivity contribution in [3.63, 3.8) is 0 Å². The lowest BCUT2D eigenvalue weighted by Gasteiger charge is -2.08. The van der Waals surface area contributed by atoms with E-state index >= 15 is 0 Å². The van der Waals surface area contributed by atoms with Crippen molar-refractivity contribution in [1.29, 1.82) is 0 Å². The third kappa shape index (κ3) is 4.00. The van der Waals surface area contributed by atoms with Crippen LogP contribution in [0.25, 0.3) is 0 Å². The molecule has 108 valence electrons. The van der Waals surface area contributed by atoms with Gasteiger partial charge in [-0.1, -0.05) is 6.07 Å². The Bertz CT molecular complexity index is 659. The first-order chi connectivity index (χ1) is 10.1. The summed E-state index contributed by atoms with van der Waals surface area (Å²) in [7, 11) is 1.25. The molecule has 1 heterocycles. The molecule has 0 fully saturated rings. The molecular weight excluding hydrogens is 277 g/mol. The minimum Gasteiger partial charge on any atom is -0.453 e. The highest BCUT2D eigenvalue weighted by atomic mass is 19.1. The second kappa shape index (κ2) is 6.47. The van der Waals surface area contributed by atoms with E-state index in [1.54, 1.807) is 24.3 Å². The first-order valence-corrected chi connectivity index (χ1v) is 5.96. The lowest BCUT2D eigenvalue weighted by Crippen LogP contribution is -2.14. The fraction of sp³-hybridized carbons (Fsp3) is 0.0714. The zero-order valence-electron chi connectivity index (χ0n) is 11.1. The number of ether oxygens (including phenoxy) is 1. The number of nitrogens with one attached hydrogen (secondary N) is 2. The van der Waals surface area contributed by atoms with Crippen molar-refractivity contribution in [2.45, 2.75) is 0 Å². The van der Waals surface area contributed by atoms with Crippen molar-refractivity contribution < 1.29 is 18.7 Å². The average Bonchev–Trinajstić information content (AvgIpc) is 2.48. The van der Waals surface area contributed by atoms with Gasteiger partial charge in [0.2, 0.25) is 5.95 Å². The van der Waals surface area contributed by atoms with Crippen LogP contribution in [0.15, 0.2) is 42.6 Å². The summed E-state index contributed by atoms with van der Waals surface area (Å²) in [6.07, 6.45) is 0.530. The number of anilines is 2. The largest absolute Gasteiger partial charge is 0.453 e. The van der Waals surface area contributed by atoms with Crippen LogP contribution in [0.1, 0.15) is 10.4 Å². The van der Waals surface area contributed by atoms with Gasteiger partial charge in [-0.25, -0.2) is 9.78 Å². The lowest BCUT2D eigenvalue weighted by atomic mass is 10.2. The van der Waals surface area contributed by atoms with Crippen LogP contribution in [0.3, 0.4) is 0 Å². The minimum absolute atomic E-state index is 0.225. The van der Waals surface area contributed by atoms with E-state index in [2.05, 4.69) is 20.4 Å². The Kier molecular flexibility index (Phi) is 4.45. The molecule has 1 aromatic heterocycles. The molecule has 0 bridgehead atoms. The van der Waals surface area contributed by atoms with Gasteiger partial charge in [0.1, 0.15) is 0 Å². The second-order valence-corrected chi connectivity index (χ2v) is 4.02. The number of nitrogens with zero attached hydrogens (tertiary/aromatic N) is 1. The molecule has 2 amide bonds. The van der Waals surface area contributed by atoms with E-state index in [4.69, 9.17) is 0 Å². The summed E-state index contributed by atoms with van der Waals surface area (Å²) < 4.78 is 17.2. The number of hydrogen-bond donors (Lipinski definition) is 2. The molecule has 0 aliphatic carbocycles. The van der Waals surface area contributed by atoms with Gasteiger partial charge in [-0.3, -0.25) is 10.1 Å². The fourth-order valence-electron chi connectivity index (χ4n) is 1.56. The normalized spacial score (nSPS) is 9.81. The van der Waals surface area contributed by atoms with Crippen LogP contribution in [-0.4, -0.2) is 24.1 Å². The zero-order valence-corrected chi connectivity index (χ0v) is 11.1. The monoisotopic (exact) mass is 289 g/mol. The first-order valence-electron chi connectivity index (χ1n) is 5.96. The SMILES string of the molecule is COC(=O)Nc1cccc(NC(=O)c2ccc(F)nc2)c1. The molecule has 2 rings (SSSR count). The average molecular weight is 289 g/mol. The highest BCUT2D eigenvalue weighted by Gasteiger charge is 2.08. The second-order valence-electron chi connectivity index (χ2n) is 4.02. The maximum atomic E-state index is 12.7. The van der Waals surface area contributed by atoms with Gasteiger partial charge in [-0.15, -0.1) is 0 Å². The quantitative estimate of drug-likeness (QED) is 0.851. The number of aromatic nitrogens is 1. The number of methoxy groups -OCH3 is 1. The molecular formula is C14H12FN3O3. The Morgan fingerprint density at radius 3 is 2.48 bits per heavy atom. The van der Waals surface area contributed by atoms with E-state index in [-0.39, 0.29) is 5.56 Å². The number of pyridine rings is 1. The van der Waals surface area contributed by atoms with Crippen LogP contribution in [0.5, 0.6) is 0 Å². The first kappa shape index (κ1) is 14.4. The van der Waals surface area contributed by atoms with Crippen LogP contribution in [0, 0.1) is 5.95 Å². The highest BCUT2D eigenvalue weighted by Crippen LogP contribution is 2.16. The van der Waals surface area contributed by atoms with Gasteiger partial charge in [0.05, 0.1) is 12.7 Å². The molecule has 0 saturated heterocycles. The van der Waals surface area contributed by atoms with E-state index in [0.29, 0.717) is 11.4 Å².